The number of carbonyl (C=O) groups excluding carboxylic acids is 1. The van der Waals surface area contributed by atoms with E-state index in [1.807, 2.05) is 60.4 Å². The molecule has 0 bridgehead atoms. The zero-order chi connectivity index (χ0) is 21.3. The molecule has 2 aliphatic heterocycles. The minimum atomic E-state index is -3.21. The molecule has 4 rings (SSSR count). The number of ether oxygens (including phenoxy) is 2. The van der Waals surface area contributed by atoms with E-state index in [0.717, 1.165) is 17.0 Å². The molecular weight excluding hydrogens is 404 g/mol. The molecular formula is C22H26N2O5S. The maximum atomic E-state index is 13.0. The Hall–Kier alpha value is -2.58. The van der Waals surface area contributed by atoms with Gasteiger partial charge in [0.05, 0.1) is 31.2 Å². The maximum Gasteiger partial charge on any atom is 0.241 e. The molecule has 7 nitrogen and oxygen atoms in total. The summed E-state index contributed by atoms with van der Waals surface area (Å²) in [7, 11) is -1.60. The topological polar surface area (TPSA) is 76.2 Å². The van der Waals surface area contributed by atoms with Gasteiger partial charge in [0.15, 0.2) is 9.84 Å². The monoisotopic (exact) mass is 430 g/mol. The largest absolute Gasteiger partial charge is 0.497 e. The fourth-order valence-corrected chi connectivity index (χ4v) is 6.25. The Kier molecular flexibility index (Phi) is 5.71. The summed E-state index contributed by atoms with van der Waals surface area (Å²) < 4.78 is 35.8. The fraction of sp³-hybridized carbons (Fsp3) is 0.409. The molecule has 2 fully saturated rings. The molecule has 0 saturated carbocycles. The lowest BCUT2D eigenvalue weighted by Gasteiger charge is -2.43. The number of carbonyl (C=O) groups is 1. The number of anilines is 1. The molecule has 30 heavy (non-hydrogen) atoms. The summed E-state index contributed by atoms with van der Waals surface area (Å²) in [5.41, 5.74) is 1.80. The van der Waals surface area contributed by atoms with E-state index in [1.165, 1.54) is 0 Å². The Labute approximate surface area is 177 Å². The van der Waals surface area contributed by atoms with E-state index < -0.39 is 9.84 Å². The molecule has 1 amide bonds. The Morgan fingerprint density at radius 1 is 1.03 bits per heavy atom. The Morgan fingerprint density at radius 3 is 2.43 bits per heavy atom. The van der Waals surface area contributed by atoms with Crippen molar-refractivity contribution < 1.29 is 22.7 Å². The number of fused-ring (bicyclic) bond motifs is 1. The van der Waals surface area contributed by atoms with E-state index >= 15 is 0 Å². The minimum Gasteiger partial charge on any atom is -0.497 e. The van der Waals surface area contributed by atoms with Gasteiger partial charge in [0.25, 0.3) is 0 Å². The first-order valence-electron chi connectivity index (χ1n) is 9.96. The van der Waals surface area contributed by atoms with Gasteiger partial charge in [0.2, 0.25) is 5.91 Å². The summed E-state index contributed by atoms with van der Waals surface area (Å²) in [5, 5.41) is 0. The predicted molar refractivity (Wildman–Crippen MR) is 115 cm³/mol. The molecule has 8 heteroatoms. The van der Waals surface area contributed by atoms with Gasteiger partial charge in [-0.2, -0.15) is 0 Å². The minimum absolute atomic E-state index is 0.00676. The van der Waals surface area contributed by atoms with Crippen molar-refractivity contribution in [2.75, 3.05) is 43.2 Å². The van der Waals surface area contributed by atoms with Crippen LogP contribution in [0.3, 0.4) is 0 Å². The van der Waals surface area contributed by atoms with Crippen LogP contribution in [-0.2, 0) is 14.6 Å². The molecule has 0 N–H and O–H groups in total. The highest BCUT2D eigenvalue weighted by molar-refractivity contribution is 7.91. The molecule has 2 saturated heterocycles. The number of hydrogen-bond donors (Lipinski definition) is 0. The average Bonchev–Trinajstić information content (AvgIpc) is 3.03. The van der Waals surface area contributed by atoms with E-state index in [9.17, 15) is 13.2 Å². The average molecular weight is 431 g/mol. The lowest BCUT2D eigenvalue weighted by Crippen LogP contribution is -2.62. The van der Waals surface area contributed by atoms with E-state index in [-0.39, 0.29) is 36.0 Å². The first-order chi connectivity index (χ1) is 14.4. The molecule has 0 aromatic heterocycles. The first-order valence-corrected chi connectivity index (χ1v) is 11.8. The highest BCUT2D eigenvalue weighted by atomic mass is 32.2. The summed E-state index contributed by atoms with van der Waals surface area (Å²) >= 11 is 0. The third kappa shape index (κ3) is 4.29. The van der Waals surface area contributed by atoms with Crippen LogP contribution in [0.4, 0.5) is 5.69 Å². The van der Waals surface area contributed by atoms with Crippen LogP contribution in [0, 0.1) is 6.92 Å². The van der Waals surface area contributed by atoms with Gasteiger partial charge in [-0.3, -0.25) is 9.69 Å². The van der Waals surface area contributed by atoms with Crippen molar-refractivity contribution in [2.24, 2.45) is 0 Å². The Bertz CT molecular complexity index is 1020. The summed E-state index contributed by atoms with van der Waals surface area (Å²) in [5.74, 6) is 1.43. The van der Waals surface area contributed by atoms with Crippen LogP contribution < -0.4 is 14.4 Å². The second-order valence-electron chi connectivity index (χ2n) is 7.81. The van der Waals surface area contributed by atoms with Crippen LogP contribution >= 0.6 is 0 Å². The molecule has 160 valence electrons. The zero-order valence-electron chi connectivity index (χ0n) is 17.2. The summed E-state index contributed by atoms with van der Waals surface area (Å²) in [6.45, 7) is 2.99. The number of aryl methyl sites for hydroxylation is 1. The number of nitrogens with zero attached hydrogens (tertiary/aromatic N) is 2. The number of amides is 1. The summed E-state index contributed by atoms with van der Waals surface area (Å²) in [6, 6.07) is 14.3. The van der Waals surface area contributed by atoms with Gasteiger partial charge in [0.1, 0.15) is 18.1 Å². The van der Waals surface area contributed by atoms with Crippen LogP contribution in [0.15, 0.2) is 48.5 Å². The first kappa shape index (κ1) is 20.7. The third-order valence-electron chi connectivity index (χ3n) is 5.69. The maximum absolute atomic E-state index is 13.0. The number of methoxy groups -OCH3 is 1. The summed E-state index contributed by atoms with van der Waals surface area (Å²) in [4.78, 5) is 16.6. The van der Waals surface area contributed by atoms with Crippen LogP contribution in [-0.4, -0.2) is 69.6 Å². The molecule has 0 spiro atoms. The molecule has 2 aromatic rings. The SMILES string of the molecule is COc1ccc(OCCN2CC(=O)N(c3cccc(C)c3)C3CS(=O)(=O)CC32)cc1. The lowest BCUT2D eigenvalue weighted by molar-refractivity contribution is -0.123. The molecule has 2 heterocycles. The quantitative estimate of drug-likeness (QED) is 0.697. The van der Waals surface area contributed by atoms with Crippen LogP contribution in [0.5, 0.6) is 11.5 Å². The molecule has 0 radical (unpaired) electrons. The molecule has 0 aliphatic carbocycles. The van der Waals surface area contributed by atoms with Gasteiger partial charge < -0.3 is 14.4 Å². The van der Waals surface area contributed by atoms with Gasteiger partial charge in [-0.05, 0) is 48.9 Å². The van der Waals surface area contributed by atoms with E-state index in [4.69, 9.17) is 9.47 Å². The number of hydrogen-bond acceptors (Lipinski definition) is 6. The Balaban J connectivity index is 1.48. The van der Waals surface area contributed by atoms with E-state index in [0.29, 0.717) is 18.9 Å². The number of rotatable bonds is 6. The van der Waals surface area contributed by atoms with Gasteiger partial charge >= 0.3 is 0 Å². The van der Waals surface area contributed by atoms with Crippen LogP contribution in [0.2, 0.25) is 0 Å². The van der Waals surface area contributed by atoms with Crippen molar-refractivity contribution in [2.45, 2.75) is 19.0 Å². The van der Waals surface area contributed by atoms with Crippen molar-refractivity contribution in [1.82, 2.24) is 4.90 Å². The van der Waals surface area contributed by atoms with Crippen molar-refractivity contribution in [3.8, 4) is 11.5 Å². The molecule has 2 aromatic carbocycles. The van der Waals surface area contributed by atoms with Gasteiger partial charge in [-0.15, -0.1) is 0 Å². The number of sulfone groups is 1. The Morgan fingerprint density at radius 2 is 1.73 bits per heavy atom. The van der Waals surface area contributed by atoms with Crippen molar-refractivity contribution >= 4 is 21.4 Å². The van der Waals surface area contributed by atoms with Gasteiger partial charge in [-0.1, -0.05) is 12.1 Å². The smallest absolute Gasteiger partial charge is 0.241 e. The third-order valence-corrected chi connectivity index (χ3v) is 7.39. The van der Waals surface area contributed by atoms with Crippen LogP contribution in [0.1, 0.15) is 5.56 Å². The van der Waals surface area contributed by atoms with Crippen molar-refractivity contribution in [3.63, 3.8) is 0 Å². The highest BCUT2D eigenvalue weighted by Gasteiger charge is 2.49. The van der Waals surface area contributed by atoms with E-state index in [1.54, 1.807) is 12.0 Å². The van der Waals surface area contributed by atoms with Gasteiger partial charge in [0, 0.05) is 18.3 Å². The molecule has 2 unspecified atom stereocenters. The number of benzene rings is 2. The normalized spacial score (nSPS) is 23.3. The van der Waals surface area contributed by atoms with E-state index in [2.05, 4.69) is 0 Å². The highest BCUT2D eigenvalue weighted by Crippen LogP contribution is 2.32. The van der Waals surface area contributed by atoms with Gasteiger partial charge in [-0.25, -0.2) is 8.42 Å². The zero-order valence-corrected chi connectivity index (χ0v) is 18.0. The second kappa shape index (κ2) is 8.28. The predicted octanol–water partition coefficient (Wildman–Crippen LogP) is 1.90. The van der Waals surface area contributed by atoms with Crippen LogP contribution in [0.25, 0.3) is 0 Å². The van der Waals surface area contributed by atoms with Crippen molar-refractivity contribution in [1.29, 1.82) is 0 Å². The standard InChI is InChI=1S/C22H26N2O5S/c1-16-4-3-5-17(12-16)24-21-15-30(26,27)14-20(21)23(13-22(24)25)10-11-29-19-8-6-18(28-2)7-9-19/h3-9,12,20-21H,10-11,13-15H2,1-2H3. The summed E-state index contributed by atoms with van der Waals surface area (Å²) in [6.07, 6.45) is 0. The fourth-order valence-electron chi connectivity index (χ4n) is 4.27. The lowest BCUT2D eigenvalue weighted by atomic mass is 10.0. The number of piperazine rings is 1. The molecule has 2 aliphatic rings. The van der Waals surface area contributed by atoms with Crippen molar-refractivity contribution in [3.05, 3.63) is 54.1 Å². The second-order valence-corrected chi connectivity index (χ2v) is 9.96. The molecule has 2 atom stereocenters.